The van der Waals surface area contributed by atoms with Crippen molar-refractivity contribution < 1.29 is 19.1 Å². The molecule has 0 spiro atoms. The van der Waals surface area contributed by atoms with Gasteiger partial charge in [0, 0.05) is 6.54 Å². The molecule has 1 atom stereocenters. The van der Waals surface area contributed by atoms with E-state index >= 15 is 0 Å². The van der Waals surface area contributed by atoms with Crippen molar-refractivity contribution in [3.05, 3.63) is 12.2 Å². The Balaban J connectivity index is 3.43. The number of hydrogen-bond acceptors (Lipinski definition) is 8. The molecular weight excluding hydrogens is 318 g/mol. The molecule has 0 saturated heterocycles. The van der Waals surface area contributed by atoms with Crippen molar-refractivity contribution >= 4 is 37.0 Å². The molecule has 0 aromatic heterocycles. The monoisotopic (exact) mass is 344 g/mol. The van der Waals surface area contributed by atoms with Gasteiger partial charge in [0.05, 0.1) is 6.67 Å². The molecule has 0 radical (unpaired) electrons. The van der Waals surface area contributed by atoms with Gasteiger partial charge < -0.3 is 5.32 Å². The molecule has 0 saturated carbocycles. The van der Waals surface area contributed by atoms with E-state index in [1.807, 2.05) is 14.1 Å². The minimum atomic E-state index is -0.423. The second kappa shape index (κ2) is 14.4. The Kier molecular flexibility index (Phi) is 13.7. The number of carbonyl (C=O) groups is 2. The van der Waals surface area contributed by atoms with Crippen molar-refractivity contribution in [3.63, 3.8) is 0 Å². The molecule has 0 heterocycles. The number of nitrogens with one attached hydrogen (secondary N) is 4. The van der Waals surface area contributed by atoms with Crippen LogP contribution >= 0.6 is 10.5 Å². The normalized spacial score (nSPS) is 11.5. The molecule has 0 amide bonds. The Labute approximate surface area is 141 Å². The fourth-order valence-corrected chi connectivity index (χ4v) is 1.60. The molecule has 23 heavy (non-hydrogen) atoms. The summed E-state index contributed by atoms with van der Waals surface area (Å²) in [6, 6.07) is 0. The van der Waals surface area contributed by atoms with Gasteiger partial charge in [0.25, 0.3) is 0 Å². The third-order valence-electron chi connectivity index (χ3n) is 2.41. The molecule has 0 aliphatic rings. The van der Waals surface area contributed by atoms with Crippen molar-refractivity contribution in [2.45, 2.75) is 12.8 Å². The molecular formula is C12H26B2N4O4S. The molecule has 0 aromatic rings. The molecule has 130 valence electrons. The quantitative estimate of drug-likeness (QED) is 0.122. The van der Waals surface area contributed by atoms with Crippen LogP contribution in [-0.4, -0.2) is 66.0 Å². The van der Waals surface area contributed by atoms with Crippen molar-refractivity contribution in [1.82, 2.24) is 20.7 Å². The summed E-state index contributed by atoms with van der Waals surface area (Å²) in [5.74, 6) is -0.840. The summed E-state index contributed by atoms with van der Waals surface area (Å²) in [6.07, 6.45) is 2.37. The van der Waals surface area contributed by atoms with Crippen LogP contribution in [0.25, 0.3) is 0 Å². The predicted molar refractivity (Wildman–Crippen MR) is 96.6 cm³/mol. The van der Waals surface area contributed by atoms with Crippen LogP contribution in [0.15, 0.2) is 12.2 Å². The van der Waals surface area contributed by atoms with E-state index in [1.165, 1.54) is 0 Å². The van der Waals surface area contributed by atoms with Crippen LogP contribution in [0.5, 0.6) is 0 Å². The van der Waals surface area contributed by atoms with Gasteiger partial charge in [-0.15, -0.1) is 0 Å². The van der Waals surface area contributed by atoms with Crippen LogP contribution in [0.1, 0.15) is 12.8 Å². The molecule has 0 fully saturated rings. The molecule has 11 heteroatoms. The summed E-state index contributed by atoms with van der Waals surface area (Å²) < 4.78 is 12.7. The van der Waals surface area contributed by atoms with E-state index in [9.17, 15) is 9.59 Å². The van der Waals surface area contributed by atoms with Gasteiger partial charge in [-0.05, 0) is 5.60 Å². The van der Waals surface area contributed by atoms with Crippen LogP contribution < -0.4 is 20.7 Å². The minimum absolute atomic E-state index is 0.0963. The summed E-state index contributed by atoms with van der Waals surface area (Å²) in [6.45, 7) is 9.19. The van der Waals surface area contributed by atoms with Crippen molar-refractivity contribution in [2.24, 2.45) is 0 Å². The summed E-state index contributed by atoms with van der Waals surface area (Å²) in [5.41, 5.74) is 0.846. The van der Waals surface area contributed by atoms with E-state index in [-0.39, 0.29) is 30.1 Å². The smallest absolute Gasteiger partial charge is 0.385 e. The Morgan fingerprint density at radius 1 is 1.13 bits per heavy atom. The van der Waals surface area contributed by atoms with Crippen molar-refractivity contribution in [1.29, 1.82) is 0 Å². The maximum absolute atomic E-state index is 11.4. The van der Waals surface area contributed by atoms with Crippen LogP contribution in [0.3, 0.4) is 0 Å². The molecule has 1 unspecified atom stereocenters. The van der Waals surface area contributed by atoms with Gasteiger partial charge in [-0.1, -0.05) is 6.58 Å². The zero-order valence-corrected chi connectivity index (χ0v) is 14.7. The van der Waals surface area contributed by atoms with E-state index in [4.69, 9.17) is 9.47 Å². The number of esters is 2. The Hall–Kier alpha value is -1.16. The molecule has 0 aromatic carbocycles. The molecule has 8 nitrogen and oxygen atoms in total. The maximum atomic E-state index is 11.4. The van der Waals surface area contributed by atoms with Gasteiger partial charge in [-0.25, -0.2) is 0 Å². The average molecular weight is 344 g/mol. The van der Waals surface area contributed by atoms with E-state index in [1.54, 1.807) is 0 Å². The van der Waals surface area contributed by atoms with Gasteiger partial charge >= 0.3 is 97.4 Å². The topological polar surface area (TPSA) is 101 Å². The van der Waals surface area contributed by atoms with Gasteiger partial charge in [0.2, 0.25) is 0 Å². The van der Waals surface area contributed by atoms with Crippen molar-refractivity contribution in [3.8, 4) is 0 Å². The minimum Gasteiger partial charge on any atom is -0.385 e. The van der Waals surface area contributed by atoms with Crippen LogP contribution in [0.4, 0.5) is 0 Å². The zero-order valence-electron chi connectivity index (χ0n) is 13.9. The van der Waals surface area contributed by atoms with Gasteiger partial charge in [-0.2, -0.15) is 0 Å². The molecule has 0 bridgehead atoms. The Morgan fingerprint density at radius 2 is 1.65 bits per heavy atom. The first-order valence-corrected chi connectivity index (χ1v) is 9.03. The third-order valence-corrected chi connectivity index (χ3v) is 3.05. The van der Waals surface area contributed by atoms with E-state index in [2.05, 4.69) is 34.0 Å². The fourth-order valence-electron chi connectivity index (χ4n) is 1.25. The first-order chi connectivity index (χ1) is 10.9. The van der Waals surface area contributed by atoms with E-state index in [0.29, 0.717) is 26.4 Å². The summed E-state index contributed by atoms with van der Waals surface area (Å²) in [5, 5.41) is 8.99. The number of rotatable bonds is 14. The molecule has 0 aliphatic heterocycles. The molecule has 4 N–H and O–H groups in total. The Bertz CT molecular complexity index is 377. The molecule has 0 rings (SSSR count). The fraction of sp³-hybridized carbons (Fsp3) is 0.667. The second-order valence-electron chi connectivity index (χ2n) is 4.74. The summed E-state index contributed by atoms with van der Waals surface area (Å²) >= 11 is 0. The van der Waals surface area contributed by atoms with Gasteiger partial charge in [-0.3, -0.25) is 5.32 Å². The van der Waals surface area contributed by atoms with Crippen LogP contribution in [-0.2, 0) is 19.1 Å². The number of carbonyl (C=O) groups excluding carboxylic acids is 2. The van der Waals surface area contributed by atoms with Crippen LogP contribution in [0, 0.1) is 0 Å². The zero-order chi connectivity index (χ0) is 17.5. The van der Waals surface area contributed by atoms with E-state index < -0.39 is 11.9 Å². The Morgan fingerprint density at radius 3 is 2.13 bits per heavy atom. The van der Waals surface area contributed by atoms with Gasteiger partial charge in [0.1, 0.15) is 0 Å². The van der Waals surface area contributed by atoms with Gasteiger partial charge in [0.15, 0.2) is 7.85 Å². The van der Waals surface area contributed by atoms with E-state index in [0.717, 1.165) is 5.60 Å². The summed E-state index contributed by atoms with van der Waals surface area (Å²) in [7, 11) is 1.75. The summed E-state index contributed by atoms with van der Waals surface area (Å²) in [4.78, 5) is 22.7. The average Bonchev–Trinajstić information content (AvgIpc) is 2.45. The predicted octanol–water partition coefficient (Wildman–Crippen LogP) is -2.18. The SMILES string of the molecule is B=S(C)NCNCCC(=O)OCOC(=O)CCNCNC(B)=C. The standard InChI is InChI=1S/C12H26B2N4O4S/c1-10(13)17-7-15-5-3-11(19)21-9-22-12(20)4-6-16-8-18-23(2)14/h14-18H,1,3-9,13H2,2H3. The number of hydrogen-bond donors (Lipinski definition) is 4. The number of ether oxygens (including phenoxy) is 2. The first-order valence-electron chi connectivity index (χ1n) is 7.23. The third kappa shape index (κ3) is 17.0. The van der Waals surface area contributed by atoms with Crippen molar-refractivity contribution in [2.75, 3.05) is 39.5 Å². The molecule has 0 aliphatic carbocycles. The van der Waals surface area contributed by atoms with Crippen LogP contribution in [0.2, 0.25) is 0 Å². The first kappa shape index (κ1) is 21.8. The second-order valence-corrected chi connectivity index (χ2v) is 6.31.